The number of carboxylic acids is 1. The zero-order valence-corrected chi connectivity index (χ0v) is 8.99. The quantitative estimate of drug-likeness (QED) is 0.822. The molecule has 1 aromatic carbocycles. The van der Waals surface area contributed by atoms with Crippen LogP contribution in [0.3, 0.4) is 0 Å². The van der Waals surface area contributed by atoms with Crippen LogP contribution in [0.4, 0.5) is 0 Å². The third-order valence-electron chi connectivity index (χ3n) is 3.24. The van der Waals surface area contributed by atoms with Gasteiger partial charge in [-0.05, 0) is 41.9 Å². The molecular formula is C13H16O2. The van der Waals surface area contributed by atoms with Crippen molar-refractivity contribution < 1.29 is 9.90 Å². The molecule has 15 heavy (non-hydrogen) atoms. The van der Waals surface area contributed by atoms with Gasteiger partial charge in [-0.3, -0.25) is 4.79 Å². The molecule has 0 saturated heterocycles. The summed E-state index contributed by atoms with van der Waals surface area (Å²) in [7, 11) is 0. The summed E-state index contributed by atoms with van der Waals surface area (Å²) in [6.07, 6.45) is 3.37. The molecule has 0 radical (unpaired) electrons. The van der Waals surface area contributed by atoms with Crippen molar-refractivity contribution in [2.75, 3.05) is 0 Å². The van der Waals surface area contributed by atoms with Gasteiger partial charge in [-0.15, -0.1) is 0 Å². The Bertz CT molecular complexity index is 382. The lowest BCUT2D eigenvalue weighted by molar-refractivity contribution is -0.137. The van der Waals surface area contributed by atoms with Gasteiger partial charge in [-0.25, -0.2) is 0 Å². The van der Waals surface area contributed by atoms with Gasteiger partial charge >= 0.3 is 5.97 Å². The fourth-order valence-corrected chi connectivity index (χ4v) is 2.40. The summed E-state index contributed by atoms with van der Waals surface area (Å²) < 4.78 is 0. The SMILES string of the molecule is CCc1ccc2c(c1)CCC2CC(=O)O. The van der Waals surface area contributed by atoms with E-state index in [-0.39, 0.29) is 12.3 Å². The molecule has 0 aromatic heterocycles. The van der Waals surface area contributed by atoms with E-state index in [1.165, 1.54) is 16.7 Å². The van der Waals surface area contributed by atoms with Crippen molar-refractivity contribution in [1.29, 1.82) is 0 Å². The highest BCUT2D eigenvalue weighted by Crippen LogP contribution is 2.35. The predicted molar refractivity (Wildman–Crippen MR) is 59.1 cm³/mol. The van der Waals surface area contributed by atoms with Crippen LogP contribution in [-0.2, 0) is 17.6 Å². The van der Waals surface area contributed by atoms with E-state index in [0.717, 1.165) is 19.3 Å². The molecule has 2 heteroatoms. The zero-order chi connectivity index (χ0) is 10.8. The van der Waals surface area contributed by atoms with Crippen molar-refractivity contribution >= 4 is 5.97 Å². The average molecular weight is 204 g/mol. The van der Waals surface area contributed by atoms with Crippen LogP contribution in [0.5, 0.6) is 0 Å². The summed E-state index contributed by atoms with van der Waals surface area (Å²) in [5.74, 6) is -0.448. The molecule has 1 unspecified atom stereocenters. The number of aliphatic carboxylic acids is 1. The Labute approximate surface area is 89.9 Å². The average Bonchev–Trinajstić information content (AvgIpc) is 2.60. The minimum atomic E-state index is -0.688. The molecule has 0 bridgehead atoms. The zero-order valence-electron chi connectivity index (χ0n) is 8.99. The first-order chi connectivity index (χ1) is 7.20. The molecule has 1 aliphatic carbocycles. The normalized spacial score (nSPS) is 18.9. The third-order valence-corrected chi connectivity index (χ3v) is 3.24. The first-order valence-corrected chi connectivity index (χ1v) is 5.54. The maximum atomic E-state index is 10.7. The van der Waals surface area contributed by atoms with Crippen molar-refractivity contribution in [2.24, 2.45) is 0 Å². The van der Waals surface area contributed by atoms with Crippen LogP contribution in [0, 0.1) is 0 Å². The lowest BCUT2D eigenvalue weighted by Gasteiger charge is -2.08. The first kappa shape index (κ1) is 10.2. The van der Waals surface area contributed by atoms with Crippen LogP contribution < -0.4 is 0 Å². The molecule has 0 saturated carbocycles. The number of carbonyl (C=O) groups is 1. The summed E-state index contributed by atoms with van der Waals surface area (Å²) in [6, 6.07) is 6.48. The Morgan fingerprint density at radius 3 is 3.00 bits per heavy atom. The van der Waals surface area contributed by atoms with Crippen LogP contribution in [0.15, 0.2) is 18.2 Å². The molecule has 80 valence electrons. The Morgan fingerprint density at radius 1 is 1.53 bits per heavy atom. The number of hydrogen-bond donors (Lipinski definition) is 1. The van der Waals surface area contributed by atoms with Crippen molar-refractivity contribution in [3.63, 3.8) is 0 Å². The van der Waals surface area contributed by atoms with E-state index in [9.17, 15) is 4.79 Å². The van der Waals surface area contributed by atoms with Crippen molar-refractivity contribution in [1.82, 2.24) is 0 Å². The second-order valence-electron chi connectivity index (χ2n) is 4.22. The van der Waals surface area contributed by atoms with Gasteiger partial charge in [-0.2, -0.15) is 0 Å². The van der Waals surface area contributed by atoms with Crippen molar-refractivity contribution in [3.05, 3.63) is 34.9 Å². The lowest BCUT2D eigenvalue weighted by Crippen LogP contribution is -2.03. The summed E-state index contributed by atoms with van der Waals surface area (Å²) in [6.45, 7) is 2.14. The molecule has 2 rings (SSSR count). The number of fused-ring (bicyclic) bond motifs is 1. The topological polar surface area (TPSA) is 37.3 Å². The van der Waals surface area contributed by atoms with Gasteiger partial charge in [-0.1, -0.05) is 25.1 Å². The van der Waals surface area contributed by atoms with Gasteiger partial charge < -0.3 is 5.11 Å². The second-order valence-corrected chi connectivity index (χ2v) is 4.22. The van der Waals surface area contributed by atoms with E-state index in [4.69, 9.17) is 5.11 Å². The number of hydrogen-bond acceptors (Lipinski definition) is 1. The third kappa shape index (κ3) is 2.04. The minimum absolute atomic E-state index is 0.239. The molecule has 1 aliphatic rings. The molecule has 0 heterocycles. The summed E-state index contributed by atoms with van der Waals surface area (Å²) >= 11 is 0. The molecule has 1 aromatic rings. The highest BCUT2D eigenvalue weighted by molar-refractivity contribution is 5.68. The maximum Gasteiger partial charge on any atom is 0.303 e. The van der Waals surface area contributed by atoms with Crippen LogP contribution in [-0.4, -0.2) is 11.1 Å². The van der Waals surface area contributed by atoms with Crippen LogP contribution in [0.1, 0.15) is 42.4 Å². The summed E-state index contributed by atoms with van der Waals surface area (Å²) in [4.78, 5) is 10.7. The number of benzene rings is 1. The van der Waals surface area contributed by atoms with E-state index in [1.54, 1.807) is 0 Å². The highest BCUT2D eigenvalue weighted by atomic mass is 16.4. The number of aryl methyl sites for hydroxylation is 2. The lowest BCUT2D eigenvalue weighted by atomic mass is 9.96. The van der Waals surface area contributed by atoms with Crippen LogP contribution in [0.25, 0.3) is 0 Å². The molecule has 1 N–H and O–H groups in total. The van der Waals surface area contributed by atoms with Gasteiger partial charge in [0.25, 0.3) is 0 Å². The predicted octanol–water partition coefficient (Wildman–Crippen LogP) is 2.75. The number of carboxylic acid groups (broad SMARTS) is 1. The van der Waals surface area contributed by atoms with Gasteiger partial charge in [0.1, 0.15) is 0 Å². The monoisotopic (exact) mass is 204 g/mol. The maximum absolute atomic E-state index is 10.7. The largest absolute Gasteiger partial charge is 0.481 e. The van der Waals surface area contributed by atoms with Crippen molar-refractivity contribution in [2.45, 2.75) is 38.5 Å². The minimum Gasteiger partial charge on any atom is -0.481 e. The van der Waals surface area contributed by atoms with Gasteiger partial charge in [0.05, 0.1) is 6.42 Å². The van der Waals surface area contributed by atoms with Crippen LogP contribution >= 0.6 is 0 Å². The second kappa shape index (κ2) is 4.05. The van der Waals surface area contributed by atoms with E-state index in [2.05, 4.69) is 25.1 Å². The smallest absolute Gasteiger partial charge is 0.303 e. The van der Waals surface area contributed by atoms with Gasteiger partial charge in [0, 0.05) is 0 Å². The fourth-order valence-electron chi connectivity index (χ4n) is 2.40. The molecular weight excluding hydrogens is 188 g/mol. The Hall–Kier alpha value is -1.31. The van der Waals surface area contributed by atoms with E-state index >= 15 is 0 Å². The Kier molecular flexibility index (Phi) is 2.76. The number of rotatable bonds is 3. The molecule has 0 aliphatic heterocycles. The van der Waals surface area contributed by atoms with Gasteiger partial charge in [0.15, 0.2) is 0 Å². The van der Waals surface area contributed by atoms with Crippen LogP contribution in [0.2, 0.25) is 0 Å². The van der Waals surface area contributed by atoms with E-state index < -0.39 is 5.97 Å². The molecule has 0 amide bonds. The standard InChI is InChI=1S/C13H16O2/c1-2-9-3-6-12-10(7-9)4-5-11(12)8-13(14)15/h3,6-7,11H,2,4-5,8H2,1H3,(H,14,15). The first-order valence-electron chi connectivity index (χ1n) is 5.54. The molecule has 0 fully saturated rings. The van der Waals surface area contributed by atoms with Crippen molar-refractivity contribution in [3.8, 4) is 0 Å². The van der Waals surface area contributed by atoms with E-state index in [0.29, 0.717) is 0 Å². The highest BCUT2D eigenvalue weighted by Gasteiger charge is 2.24. The summed E-state index contributed by atoms with van der Waals surface area (Å²) in [5.41, 5.74) is 3.97. The van der Waals surface area contributed by atoms with E-state index in [1.807, 2.05) is 0 Å². The summed E-state index contributed by atoms with van der Waals surface area (Å²) in [5, 5.41) is 8.80. The molecule has 0 spiro atoms. The Morgan fingerprint density at radius 2 is 2.33 bits per heavy atom. The molecule has 2 nitrogen and oxygen atoms in total. The molecule has 1 atom stereocenters. The fraction of sp³-hybridized carbons (Fsp3) is 0.462. The Balaban J connectivity index is 2.24. The van der Waals surface area contributed by atoms with Gasteiger partial charge in [0.2, 0.25) is 0 Å².